The van der Waals surface area contributed by atoms with Gasteiger partial charge in [0.05, 0.1) is 14.2 Å². The lowest BCUT2D eigenvalue weighted by atomic mass is 10.0. The van der Waals surface area contributed by atoms with Gasteiger partial charge in [0.15, 0.2) is 0 Å². The minimum Gasteiger partial charge on any atom is -0.496 e. The lowest BCUT2D eigenvalue weighted by Gasteiger charge is -2.33. The third-order valence-corrected chi connectivity index (χ3v) is 4.17. The van der Waals surface area contributed by atoms with Crippen molar-refractivity contribution in [1.82, 2.24) is 10.2 Å². The Bertz CT molecular complexity index is 485. The number of nitrogens with one attached hydrogen (secondary N) is 1. The molecule has 1 amide bonds. The van der Waals surface area contributed by atoms with E-state index in [9.17, 15) is 4.79 Å². The fourth-order valence-electron chi connectivity index (χ4n) is 3.02. The van der Waals surface area contributed by atoms with Gasteiger partial charge in [-0.3, -0.25) is 0 Å². The fraction of sp³-hybridized carbons (Fsp3) is 0.588. The van der Waals surface area contributed by atoms with E-state index in [-0.39, 0.29) is 6.09 Å². The maximum absolute atomic E-state index is 11.5. The highest BCUT2D eigenvalue weighted by Gasteiger charge is 2.24. The van der Waals surface area contributed by atoms with Crippen LogP contribution in [0.4, 0.5) is 4.79 Å². The van der Waals surface area contributed by atoms with E-state index in [1.54, 1.807) is 12.0 Å². The van der Waals surface area contributed by atoms with E-state index in [4.69, 9.17) is 9.47 Å². The summed E-state index contributed by atoms with van der Waals surface area (Å²) in [6.07, 6.45) is 2.64. The van der Waals surface area contributed by atoms with Gasteiger partial charge in [-0.2, -0.15) is 0 Å². The number of nitrogens with zero attached hydrogens (tertiary/aromatic N) is 1. The molecule has 1 aliphatic heterocycles. The average molecular weight is 306 g/mol. The second-order valence-corrected chi connectivity index (χ2v) is 5.82. The smallest absolute Gasteiger partial charge is 0.409 e. The van der Waals surface area contributed by atoms with Crippen molar-refractivity contribution in [2.24, 2.45) is 0 Å². The minimum atomic E-state index is -0.222. The van der Waals surface area contributed by atoms with Crippen LogP contribution in [0.3, 0.4) is 0 Å². The molecule has 0 unspecified atom stereocenters. The molecule has 1 aromatic carbocycles. The molecule has 0 aromatic heterocycles. The summed E-state index contributed by atoms with van der Waals surface area (Å²) in [5.41, 5.74) is 1.22. The van der Waals surface area contributed by atoms with Crippen LogP contribution in [0.5, 0.6) is 5.75 Å². The first-order chi connectivity index (χ1) is 10.6. The molecule has 5 nitrogen and oxygen atoms in total. The molecule has 1 N–H and O–H groups in total. The number of carbonyl (C=O) groups is 1. The maximum atomic E-state index is 11.5. The van der Waals surface area contributed by atoms with Gasteiger partial charge in [-0.25, -0.2) is 4.79 Å². The second-order valence-electron chi connectivity index (χ2n) is 5.82. The monoisotopic (exact) mass is 306 g/mol. The average Bonchev–Trinajstić information content (AvgIpc) is 2.55. The molecule has 22 heavy (non-hydrogen) atoms. The molecule has 1 heterocycles. The number of para-hydroxylation sites is 1. The number of benzene rings is 1. The van der Waals surface area contributed by atoms with Crippen molar-refractivity contribution in [1.29, 1.82) is 0 Å². The molecular formula is C17H26N2O3. The van der Waals surface area contributed by atoms with Gasteiger partial charge in [0.2, 0.25) is 0 Å². The summed E-state index contributed by atoms with van der Waals surface area (Å²) in [5.74, 6) is 0.941. The first-order valence-corrected chi connectivity index (χ1v) is 7.85. The molecule has 1 aliphatic rings. The van der Waals surface area contributed by atoms with Crippen LogP contribution in [0.1, 0.15) is 25.3 Å². The zero-order valence-electron chi connectivity index (χ0n) is 13.7. The normalized spacial score (nSPS) is 17.1. The zero-order chi connectivity index (χ0) is 15.9. The fourth-order valence-corrected chi connectivity index (χ4v) is 3.02. The van der Waals surface area contributed by atoms with Crippen LogP contribution < -0.4 is 10.1 Å². The summed E-state index contributed by atoms with van der Waals surface area (Å²) in [4.78, 5) is 13.2. The van der Waals surface area contributed by atoms with Gasteiger partial charge in [0, 0.05) is 25.2 Å². The molecule has 0 saturated carbocycles. The van der Waals surface area contributed by atoms with Crippen LogP contribution in [-0.2, 0) is 11.2 Å². The lowest BCUT2D eigenvalue weighted by Crippen LogP contribution is -2.47. The quantitative estimate of drug-likeness (QED) is 0.908. The summed E-state index contributed by atoms with van der Waals surface area (Å²) in [6, 6.07) is 8.95. The van der Waals surface area contributed by atoms with E-state index in [0.717, 1.165) is 38.1 Å². The first kappa shape index (κ1) is 16.6. The summed E-state index contributed by atoms with van der Waals surface area (Å²) < 4.78 is 10.2. The van der Waals surface area contributed by atoms with Gasteiger partial charge in [-0.05, 0) is 37.8 Å². The number of hydrogen-bond acceptors (Lipinski definition) is 4. The number of ether oxygens (including phenoxy) is 2. The molecule has 1 aromatic rings. The Kier molecular flexibility index (Phi) is 6.07. The summed E-state index contributed by atoms with van der Waals surface area (Å²) >= 11 is 0. The molecule has 0 bridgehead atoms. The summed E-state index contributed by atoms with van der Waals surface area (Å²) in [7, 11) is 3.14. The van der Waals surface area contributed by atoms with Gasteiger partial charge < -0.3 is 19.7 Å². The SMILES string of the molecule is COC(=O)N1CCC(N[C@H](C)Cc2ccccc2OC)CC1. The molecular weight excluding hydrogens is 280 g/mol. The van der Waals surface area contributed by atoms with Gasteiger partial charge >= 0.3 is 6.09 Å². The topological polar surface area (TPSA) is 50.8 Å². The van der Waals surface area contributed by atoms with Crippen molar-refractivity contribution in [2.75, 3.05) is 27.3 Å². The molecule has 122 valence electrons. The van der Waals surface area contributed by atoms with Crippen LogP contribution in [0, 0.1) is 0 Å². The Balaban J connectivity index is 1.81. The van der Waals surface area contributed by atoms with Crippen LogP contribution in [0.15, 0.2) is 24.3 Å². The number of likely N-dealkylation sites (tertiary alicyclic amines) is 1. The first-order valence-electron chi connectivity index (χ1n) is 7.85. The van der Waals surface area contributed by atoms with Crippen LogP contribution >= 0.6 is 0 Å². The third-order valence-electron chi connectivity index (χ3n) is 4.17. The van der Waals surface area contributed by atoms with Crippen molar-refractivity contribution in [2.45, 2.75) is 38.3 Å². The van der Waals surface area contributed by atoms with E-state index in [0.29, 0.717) is 12.1 Å². The van der Waals surface area contributed by atoms with E-state index in [1.807, 2.05) is 18.2 Å². The number of rotatable bonds is 5. The molecule has 1 saturated heterocycles. The Morgan fingerprint density at radius 3 is 2.64 bits per heavy atom. The highest BCUT2D eigenvalue weighted by molar-refractivity contribution is 5.67. The van der Waals surface area contributed by atoms with Crippen molar-refractivity contribution in [3.05, 3.63) is 29.8 Å². The number of piperidine rings is 1. The summed E-state index contributed by atoms with van der Waals surface area (Å²) in [6.45, 7) is 3.70. The maximum Gasteiger partial charge on any atom is 0.409 e. The lowest BCUT2D eigenvalue weighted by molar-refractivity contribution is 0.109. The predicted octanol–water partition coefficient (Wildman–Crippen LogP) is 2.45. The largest absolute Gasteiger partial charge is 0.496 e. The standard InChI is InChI=1S/C17H26N2O3/c1-13(12-14-6-4-5-7-16(14)21-2)18-15-8-10-19(11-9-15)17(20)22-3/h4-7,13,15,18H,8-12H2,1-3H3/t13-/m1/s1. The van der Waals surface area contributed by atoms with Gasteiger partial charge in [0.1, 0.15) is 5.75 Å². The van der Waals surface area contributed by atoms with Crippen molar-refractivity contribution >= 4 is 6.09 Å². The number of hydrogen-bond donors (Lipinski definition) is 1. The van der Waals surface area contributed by atoms with E-state index in [1.165, 1.54) is 12.7 Å². The zero-order valence-corrected chi connectivity index (χ0v) is 13.7. The Morgan fingerprint density at radius 1 is 1.32 bits per heavy atom. The van der Waals surface area contributed by atoms with E-state index >= 15 is 0 Å². The molecule has 1 atom stereocenters. The van der Waals surface area contributed by atoms with Gasteiger partial charge in [-0.1, -0.05) is 18.2 Å². The molecule has 0 aliphatic carbocycles. The third kappa shape index (κ3) is 4.37. The van der Waals surface area contributed by atoms with Crippen molar-refractivity contribution in [3.63, 3.8) is 0 Å². The second kappa shape index (κ2) is 8.03. The van der Waals surface area contributed by atoms with Crippen molar-refractivity contribution in [3.8, 4) is 5.75 Å². The number of methoxy groups -OCH3 is 2. The predicted molar refractivity (Wildman–Crippen MR) is 86.3 cm³/mol. The van der Waals surface area contributed by atoms with Crippen LogP contribution in [0.2, 0.25) is 0 Å². The number of amides is 1. The Labute approximate surface area is 132 Å². The van der Waals surface area contributed by atoms with Crippen LogP contribution in [-0.4, -0.2) is 50.4 Å². The van der Waals surface area contributed by atoms with E-state index in [2.05, 4.69) is 18.3 Å². The van der Waals surface area contributed by atoms with Crippen LogP contribution in [0.25, 0.3) is 0 Å². The molecule has 5 heteroatoms. The van der Waals surface area contributed by atoms with E-state index < -0.39 is 0 Å². The van der Waals surface area contributed by atoms with Crippen molar-refractivity contribution < 1.29 is 14.3 Å². The number of carbonyl (C=O) groups excluding carboxylic acids is 1. The Morgan fingerprint density at radius 2 is 2.00 bits per heavy atom. The highest BCUT2D eigenvalue weighted by Crippen LogP contribution is 2.20. The van der Waals surface area contributed by atoms with Gasteiger partial charge in [-0.15, -0.1) is 0 Å². The highest BCUT2D eigenvalue weighted by atomic mass is 16.5. The minimum absolute atomic E-state index is 0.222. The Hall–Kier alpha value is -1.75. The molecule has 0 spiro atoms. The molecule has 0 radical (unpaired) electrons. The molecule has 1 fully saturated rings. The summed E-state index contributed by atoms with van der Waals surface area (Å²) in [5, 5.41) is 3.66. The molecule has 2 rings (SSSR count). The van der Waals surface area contributed by atoms with Gasteiger partial charge in [0.25, 0.3) is 0 Å².